The Hall–Kier alpha value is -0.950. The van der Waals surface area contributed by atoms with Gasteiger partial charge in [-0.3, -0.25) is 4.79 Å². The number of rotatable bonds is 8. The van der Waals surface area contributed by atoms with E-state index in [0.717, 1.165) is 4.88 Å². The summed E-state index contributed by atoms with van der Waals surface area (Å²) in [6.45, 7) is 2.85. The fourth-order valence-corrected chi connectivity index (χ4v) is 2.01. The van der Waals surface area contributed by atoms with Gasteiger partial charge in [-0.25, -0.2) is 0 Å². The Balaban J connectivity index is 2.10. The molecule has 2 atom stereocenters. The van der Waals surface area contributed by atoms with Gasteiger partial charge in [0.1, 0.15) is 0 Å². The molecule has 1 aromatic rings. The van der Waals surface area contributed by atoms with Crippen LogP contribution in [-0.4, -0.2) is 43.4 Å². The molecule has 0 aliphatic heterocycles. The maximum atomic E-state index is 11.2. The van der Waals surface area contributed by atoms with E-state index in [0.29, 0.717) is 13.2 Å². The van der Waals surface area contributed by atoms with E-state index in [1.165, 1.54) is 0 Å². The number of carbonyl (C=O) groups excluding carboxylic acids is 1. The average Bonchev–Trinajstić information content (AvgIpc) is 2.88. The molecule has 1 amide bonds. The van der Waals surface area contributed by atoms with Crippen LogP contribution in [0.1, 0.15) is 11.8 Å². The maximum absolute atomic E-state index is 11.2. The zero-order chi connectivity index (χ0) is 13.4. The second-order valence-electron chi connectivity index (χ2n) is 3.99. The second kappa shape index (κ2) is 8.20. The molecule has 6 heteroatoms. The van der Waals surface area contributed by atoms with Crippen molar-refractivity contribution in [3.63, 3.8) is 0 Å². The number of carbonyl (C=O) groups is 1. The highest BCUT2D eigenvalue weighted by atomic mass is 32.1. The van der Waals surface area contributed by atoms with E-state index in [4.69, 9.17) is 4.74 Å². The normalized spacial score (nSPS) is 14.2. The molecule has 0 saturated heterocycles. The zero-order valence-corrected chi connectivity index (χ0v) is 11.5. The van der Waals surface area contributed by atoms with E-state index < -0.39 is 6.10 Å². The Labute approximate surface area is 111 Å². The fraction of sp³-hybridized carbons (Fsp3) is 0.583. The first-order valence-corrected chi connectivity index (χ1v) is 6.74. The predicted octanol–water partition coefficient (Wildman–Crippen LogP) is 0.350. The third kappa shape index (κ3) is 5.59. The van der Waals surface area contributed by atoms with Crippen LogP contribution in [0.3, 0.4) is 0 Å². The number of thiophene rings is 1. The number of amides is 1. The highest BCUT2D eigenvalue weighted by Crippen LogP contribution is 2.09. The minimum atomic E-state index is -0.614. The van der Waals surface area contributed by atoms with E-state index in [-0.39, 0.29) is 18.6 Å². The molecule has 5 nitrogen and oxygen atoms in total. The van der Waals surface area contributed by atoms with Gasteiger partial charge in [0.2, 0.25) is 5.91 Å². The topological polar surface area (TPSA) is 70.6 Å². The predicted molar refractivity (Wildman–Crippen MR) is 71.5 cm³/mol. The number of hydrogen-bond acceptors (Lipinski definition) is 5. The molecule has 1 rings (SSSR count). The van der Waals surface area contributed by atoms with Crippen LogP contribution in [0, 0.1) is 0 Å². The van der Waals surface area contributed by atoms with Crippen LogP contribution in [0.15, 0.2) is 17.5 Å². The molecule has 0 aliphatic carbocycles. The molecule has 0 fully saturated rings. The van der Waals surface area contributed by atoms with Gasteiger partial charge < -0.3 is 20.5 Å². The van der Waals surface area contributed by atoms with Gasteiger partial charge in [-0.2, -0.15) is 0 Å². The summed E-state index contributed by atoms with van der Waals surface area (Å²) >= 11 is 1.62. The Kier molecular flexibility index (Phi) is 6.89. The molecule has 0 spiro atoms. The summed E-state index contributed by atoms with van der Waals surface area (Å²) in [4.78, 5) is 12.3. The Morgan fingerprint density at radius 2 is 2.39 bits per heavy atom. The van der Waals surface area contributed by atoms with Gasteiger partial charge in [-0.15, -0.1) is 11.3 Å². The van der Waals surface area contributed by atoms with Crippen LogP contribution in [0.5, 0.6) is 0 Å². The smallest absolute Gasteiger partial charge is 0.236 e. The van der Waals surface area contributed by atoms with Crippen LogP contribution >= 0.6 is 11.3 Å². The zero-order valence-electron chi connectivity index (χ0n) is 10.7. The van der Waals surface area contributed by atoms with E-state index in [1.807, 2.05) is 17.5 Å². The monoisotopic (exact) mass is 272 g/mol. The molecule has 2 unspecified atom stereocenters. The lowest BCUT2D eigenvalue weighted by atomic mass is 10.3. The first kappa shape index (κ1) is 15.1. The SMILES string of the molecule is CNC(=O)C(C)NCC(O)COCc1cccs1. The Morgan fingerprint density at radius 1 is 1.61 bits per heavy atom. The number of hydrogen-bond donors (Lipinski definition) is 3. The van der Waals surface area contributed by atoms with Crippen molar-refractivity contribution in [1.82, 2.24) is 10.6 Å². The molecule has 1 heterocycles. The van der Waals surface area contributed by atoms with Gasteiger partial charge in [0.05, 0.1) is 25.4 Å². The largest absolute Gasteiger partial charge is 0.389 e. The van der Waals surface area contributed by atoms with Crippen molar-refractivity contribution in [3.8, 4) is 0 Å². The lowest BCUT2D eigenvalue weighted by Gasteiger charge is -2.16. The van der Waals surface area contributed by atoms with E-state index >= 15 is 0 Å². The third-order valence-electron chi connectivity index (χ3n) is 2.43. The standard InChI is InChI=1S/C12H20N2O3S/c1-9(12(16)13-2)14-6-10(15)7-17-8-11-4-3-5-18-11/h3-5,9-10,14-15H,6-8H2,1-2H3,(H,13,16). The highest BCUT2D eigenvalue weighted by molar-refractivity contribution is 7.09. The molecule has 0 aromatic carbocycles. The quantitative estimate of drug-likeness (QED) is 0.638. The van der Waals surface area contributed by atoms with Crippen LogP contribution in [0.25, 0.3) is 0 Å². The summed E-state index contributed by atoms with van der Waals surface area (Å²) in [5, 5.41) is 17.1. The highest BCUT2D eigenvalue weighted by Gasteiger charge is 2.12. The second-order valence-corrected chi connectivity index (χ2v) is 5.02. The number of nitrogens with one attached hydrogen (secondary N) is 2. The number of likely N-dealkylation sites (N-methyl/N-ethyl adjacent to an activating group) is 1. The summed E-state index contributed by atoms with van der Waals surface area (Å²) in [6.07, 6.45) is -0.614. The van der Waals surface area contributed by atoms with Gasteiger partial charge in [-0.05, 0) is 18.4 Å². The van der Waals surface area contributed by atoms with Crippen LogP contribution in [-0.2, 0) is 16.1 Å². The summed E-state index contributed by atoms with van der Waals surface area (Å²) < 4.78 is 5.38. The van der Waals surface area contributed by atoms with Gasteiger partial charge >= 0.3 is 0 Å². The van der Waals surface area contributed by atoms with E-state index in [2.05, 4.69) is 10.6 Å². The Morgan fingerprint density at radius 3 is 3.00 bits per heavy atom. The minimum absolute atomic E-state index is 0.0956. The first-order valence-electron chi connectivity index (χ1n) is 5.86. The molecule has 102 valence electrons. The molecule has 0 bridgehead atoms. The number of aliphatic hydroxyl groups is 1. The molecule has 0 aliphatic rings. The minimum Gasteiger partial charge on any atom is -0.389 e. The lowest BCUT2D eigenvalue weighted by Crippen LogP contribution is -2.44. The molecule has 0 saturated carbocycles. The fourth-order valence-electron chi connectivity index (χ4n) is 1.37. The van der Waals surface area contributed by atoms with Gasteiger partial charge in [0.25, 0.3) is 0 Å². The number of ether oxygens (including phenoxy) is 1. The van der Waals surface area contributed by atoms with Gasteiger partial charge in [0, 0.05) is 18.5 Å². The van der Waals surface area contributed by atoms with Gasteiger partial charge in [0.15, 0.2) is 0 Å². The van der Waals surface area contributed by atoms with Crippen molar-refractivity contribution >= 4 is 17.2 Å². The van der Waals surface area contributed by atoms with Crippen molar-refractivity contribution in [2.75, 3.05) is 20.2 Å². The summed E-state index contributed by atoms with van der Waals surface area (Å²) in [5.74, 6) is -0.0956. The number of aliphatic hydroxyl groups excluding tert-OH is 1. The van der Waals surface area contributed by atoms with Crippen molar-refractivity contribution in [2.45, 2.75) is 25.7 Å². The molecule has 1 aromatic heterocycles. The van der Waals surface area contributed by atoms with Crippen LogP contribution in [0.2, 0.25) is 0 Å². The molecular formula is C12H20N2O3S. The van der Waals surface area contributed by atoms with Crippen molar-refractivity contribution in [2.24, 2.45) is 0 Å². The average molecular weight is 272 g/mol. The lowest BCUT2D eigenvalue weighted by molar-refractivity contribution is -0.122. The van der Waals surface area contributed by atoms with Crippen LogP contribution in [0.4, 0.5) is 0 Å². The van der Waals surface area contributed by atoms with Crippen molar-refractivity contribution in [1.29, 1.82) is 0 Å². The summed E-state index contributed by atoms with van der Waals surface area (Å²) in [5.41, 5.74) is 0. The molecule has 0 radical (unpaired) electrons. The van der Waals surface area contributed by atoms with Crippen molar-refractivity contribution < 1.29 is 14.6 Å². The molecule has 18 heavy (non-hydrogen) atoms. The molecule has 3 N–H and O–H groups in total. The van der Waals surface area contributed by atoms with Crippen LogP contribution < -0.4 is 10.6 Å². The molecular weight excluding hydrogens is 252 g/mol. The summed E-state index contributed by atoms with van der Waals surface area (Å²) in [6, 6.07) is 3.64. The van der Waals surface area contributed by atoms with E-state index in [1.54, 1.807) is 25.3 Å². The summed E-state index contributed by atoms with van der Waals surface area (Å²) in [7, 11) is 1.58. The third-order valence-corrected chi connectivity index (χ3v) is 3.28. The Bertz CT molecular complexity index is 343. The van der Waals surface area contributed by atoms with E-state index in [9.17, 15) is 9.90 Å². The van der Waals surface area contributed by atoms with Crippen molar-refractivity contribution in [3.05, 3.63) is 22.4 Å². The first-order chi connectivity index (χ1) is 8.63. The van der Waals surface area contributed by atoms with Gasteiger partial charge in [-0.1, -0.05) is 6.07 Å². The maximum Gasteiger partial charge on any atom is 0.236 e.